The zero-order valence-corrected chi connectivity index (χ0v) is 12.6. The van der Waals surface area contributed by atoms with Gasteiger partial charge in [-0.25, -0.2) is 9.78 Å². The molecule has 7 heteroatoms. The van der Waals surface area contributed by atoms with E-state index in [4.69, 9.17) is 0 Å². The van der Waals surface area contributed by atoms with E-state index in [2.05, 4.69) is 19.6 Å². The maximum atomic E-state index is 11.5. The molecule has 7 nitrogen and oxygen atoms in total. The van der Waals surface area contributed by atoms with Crippen molar-refractivity contribution in [2.75, 3.05) is 38.2 Å². The Balaban J connectivity index is 1.80. The normalized spacial score (nSPS) is 15.2. The van der Waals surface area contributed by atoms with Crippen LogP contribution in [0.4, 0.5) is 5.69 Å². The number of fused-ring (bicyclic) bond motifs is 1. The van der Waals surface area contributed by atoms with Gasteiger partial charge < -0.3 is 19.5 Å². The topological polar surface area (TPSA) is 78.5 Å². The Morgan fingerprint density at radius 3 is 2.59 bits per heavy atom. The molecule has 0 atom stereocenters. The van der Waals surface area contributed by atoms with Crippen LogP contribution in [0.25, 0.3) is 11.0 Å². The summed E-state index contributed by atoms with van der Waals surface area (Å²) in [6, 6.07) is 5.83. The van der Waals surface area contributed by atoms with Gasteiger partial charge in [-0.15, -0.1) is 0 Å². The van der Waals surface area contributed by atoms with Crippen molar-refractivity contribution in [1.82, 2.24) is 14.9 Å². The van der Waals surface area contributed by atoms with Crippen LogP contribution in [0.15, 0.2) is 18.2 Å². The van der Waals surface area contributed by atoms with Gasteiger partial charge in [-0.2, -0.15) is 0 Å². The zero-order chi connectivity index (χ0) is 15.7. The highest BCUT2D eigenvalue weighted by Crippen LogP contribution is 2.22. The molecule has 0 bridgehead atoms. The van der Waals surface area contributed by atoms with Crippen molar-refractivity contribution in [2.24, 2.45) is 0 Å². The van der Waals surface area contributed by atoms with E-state index in [-0.39, 0.29) is 11.7 Å². The second-order valence-corrected chi connectivity index (χ2v) is 5.27. The number of esters is 1. The van der Waals surface area contributed by atoms with Gasteiger partial charge in [0.25, 0.3) is 0 Å². The predicted molar refractivity (Wildman–Crippen MR) is 81.9 cm³/mol. The Morgan fingerprint density at radius 1 is 1.23 bits per heavy atom. The van der Waals surface area contributed by atoms with Crippen LogP contribution in [0.1, 0.15) is 17.5 Å². The van der Waals surface area contributed by atoms with E-state index in [0.717, 1.165) is 42.9 Å². The quantitative estimate of drug-likeness (QED) is 0.838. The number of aromatic amines is 1. The highest BCUT2D eigenvalue weighted by Gasteiger charge is 2.19. The fourth-order valence-electron chi connectivity index (χ4n) is 2.67. The third-order valence-corrected chi connectivity index (χ3v) is 3.93. The van der Waals surface area contributed by atoms with Crippen LogP contribution in [-0.4, -0.2) is 60.0 Å². The number of aromatic nitrogens is 2. The maximum Gasteiger partial charge on any atom is 0.374 e. The molecule has 0 aliphatic carbocycles. The molecule has 1 N–H and O–H groups in total. The number of hydrogen-bond donors (Lipinski definition) is 1. The predicted octanol–water partition coefficient (Wildman–Crippen LogP) is 1.02. The lowest BCUT2D eigenvalue weighted by molar-refractivity contribution is -0.129. The Kier molecular flexibility index (Phi) is 3.70. The van der Waals surface area contributed by atoms with Gasteiger partial charge in [-0.1, -0.05) is 0 Å². The summed E-state index contributed by atoms with van der Waals surface area (Å²) in [5, 5.41) is 0. The molecule has 1 saturated heterocycles. The van der Waals surface area contributed by atoms with Gasteiger partial charge in [-0.3, -0.25) is 4.79 Å². The number of anilines is 1. The van der Waals surface area contributed by atoms with Gasteiger partial charge in [-0.05, 0) is 18.2 Å². The average molecular weight is 302 g/mol. The first-order valence-corrected chi connectivity index (χ1v) is 7.17. The Hall–Kier alpha value is -2.57. The second-order valence-electron chi connectivity index (χ2n) is 5.27. The number of rotatable bonds is 2. The zero-order valence-electron chi connectivity index (χ0n) is 12.6. The number of imidazole rings is 1. The van der Waals surface area contributed by atoms with Crippen LogP contribution in [0, 0.1) is 0 Å². The molecule has 1 aromatic carbocycles. The van der Waals surface area contributed by atoms with E-state index in [1.54, 1.807) is 6.92 Å². The van der Waals surface area contributed by atoms with Crippen LogP contribution < -0.4 is 4.90 Å². The smallest absolute Gasteiger partial charge is 0.374 e. The Morgan fingerprint density at radius 2 is 1.95 bits per heavy atom. The first-order valence-electron chi connectivity index (χ1n) is 7.17. The van der Waals surface area contributed by atoms with Gasteiger partial charge in [0.05, 0.1) is 18.1 Å². The molecule has 2 aromatic rings. The summed E-state index contributed by atoms with van der Waals surface area (Å²) in [6.07, 6.45) is 0. The SMILES string of the molecule is COC(=O)c1nc2ccc(N3CCN(C(C)=O)CC3)cc2[nH]1. The Bertz CT molecular complexity index is 717. The molecule has 2 heterocycles. The van der Waals surface area contributed by atoms with Crippen molar-refractivity contribution in [3.63, 3.8) is 0 Å². The number of nitrogens with one attached hydrogen (secondary N) is 1. The number of ether oxygens (including phenoxy) is 1. The highest BCUT2D eigenvalue weighted by atomic mass is 16.5. The lowest BCUT2D eigenvalue weighted by Gasteiger charge is -2.35. The number of carbonyl (C=O) groups is 2. The van der Waals surface area contributed by atoms with E-state index >= 15 is 0 Å². The van der Waals surface area contributed by atoms with Crippen LogP contribution >= 0.6 is 0 Å². The first-order chi connectivity index (χ1) is 10.6. The fourth-order valence-corrected chi connectivity index (χ4v) is 2.67. The average Bonchev–Trinajstić information content (AvgIpc) is 2.97. The molecule has 22 heavy (non-hydrogen) atoms. The molecular weight excluding hydrogens is 284 g/mol. The minimum absolute atomic E-state index is 0.117. The lowest BCUT2D eigenvalue weighted by atomic mass is 10.2. The van der Waals surface area contributed by atoms with Crippen molar-refractivity contribution in [3.05, 3.63) is 24.0 Å². The van der Waals surface area contributed by atoms with Gasteiger partial charge in [0.2, 0.25) is 11.7 Å². The van der Waals surface area contributed by atoms with Crippen LogP contribution in [0.2, 0.25) is 0 Å². The summed E-state index contributed by atoms with van der Waals surface area (Å²) in [5.74, 6) is -0.157. The molecule has 3 rings (SSSR count). The van der Waals surface area contributed by atoms with Gasteiger partial charge in [0.1, 0.15) is 0 Å². The summed E-state index contributed by atoms with van der Waals surface area (Å²) in [5.41, 5.74) is 2.58. The molecule has 1 aliphatic heterocycles. The summed E-state index contributed by atoms with van der Waals surface area (Å²) >= 11 is 0. The van der Waals surface area contributed by atoms with Crippen molar-refractivity contribution in [1.29, 1.82) is 0 Å². The maximum absolute atomic E-state index is 11.5. The fraction of sp³-hybridized carbons (Fsp3) is 0.400. The van der Waals surface area contributed by atoms with E-state index in [0.29, 0.717) is 0 Å². The summed E-state index contributed by atoms with van der Waals surface area (Å²) in [6.45, 7) is 4.64. The molecule has 0 radical (unpaired) electrons. The van der Waals surface area contributed by atoms with Crippen molar-refractivity contribution >= 4 is 28.6 Å². The van der Waals surface area contributed by atoms with Gasteiger partial charge in [0, 0.05) is 38.8 Å². The molecule has 1 aliphatic rings. The van der Waals surface area contributed by atoms with E-state index in [1.807, 2.05) is 23.1 Å². The van der Waals surface area contributed by atoms with E-state index in [9.17, 15) is 9.59 Å². The number of H-pyrrole nitrogens is 1. The van der Waals surface area contributed by atoms with Crippen LogP contribution in [0.5, 0.6) is 0 Å². The van der Waals surface area contributed by atoms with Crippen molar-refractivity contribution < 1.29 is 14.3 Å². The number of benzene rings is 1. The van der Waals surface area contributed by atoms with E-state index in [1.165, 1.54) is 7.11 Å². The molecular formula is C15H18N4O3. The third kappa shape index (κ3) is 2.61. The molecule has 0 spiro atoms. The molecule has 0 unspecified atom stereocenters. The van der Waals surface area contributed by atoms with Crippen LogP contribution in [-0.2, 0) is 9.53 Å². The van der Waals surface area contributed by atoms with Crippen molar-refractivity contribution in [3.8, 4) is 0 Å². The molecule has 0 saturated carbocycles. The number of amides is 1. The first kappa shape index (κ1) is 14.4. The lowest BCUT2D eigenvalue weighted by Crippen LogP contribution is -2.48. The summed E-state index contributed by atoms with van der Waals surface area (Å²) in [4.78, 5) is 34.1. The van der Waals surface area contributed by atoms with Crippen molar-refractivity contribution in [2.45, 2.75) is 6.92 Å². The van der Waals surface area contributed by atoms with Gasteiger partial charge in [0.15, 0.2) is 0 Å². The summed E-state index contributed by atoms with van der Waals surface area (Å²) in [7, 11) is 1.33. The Labute approximate surface area is 127 Å². The minimum Gasteiger partial charge on any atom is -0.463 e. The van der Waals surface area contributed by atoms with E-state index < -0.39 is 5.97 Å². The summed E-state index contributed by atoms with van der Waals surface area (Å²) < 4.78 is 4.67. The second kappa shape index (κ2) is 5.67. The molecule has 1 fully saturated rings. The standard InChI is InChI=1S/C15H18N4O3/c1-10(20)18-5-7-19(8-6-18)11-3-4-12-13(9-11)17-14(16-12)15(21)22-2/h3-4,9H,5-8H2,1-2H3,(H,16,17). The monoisotopic (exact) mass is 302 g/mol. The minimum atomic E-state index is -0.479. The van der Waals surface area contributed by atoms with Gasteiger partial charge >= 0.3 is 5.97 Å². The largest absolute Gasteiger partial charge is 0.463 e. The third-order valence-electron chi connectivity index (χ3n) is 3.93. The molecule has 1 aromatic heterocycles. The van der Waals surface area contributed by atoms with Crippen LogP contribution in [0.3, 0.4) is 0 Å². The molecule has 1 amide bonds. The number of piperazine rings is 1. The number of nitrogens with zero attached hydrogens (tertiary/aromatic N) is 3. The number of carbonyl (C=O) groups excluding carboxylic acids is 2. The number of hydrogen-bond acceptors (Lipinski definition) is 5. The highest BCUT2D eigenvalue weighted by molar-refractivity contribution is 5.91. The number of methoxy groups -OCH3 is 1. The molecule has 116 valence electrons.